The van der Waals surface area contributed by atoms with Crippen LogP contribution in [0.1, 0.15) is 16.7 Å². The number of alkyl halides is 3. The van der Waals surface area contributed by atoms with E-state index in [1.807, 2.05) is 18.2 Å². The largest absolute Gasteiger partial charge is 0.416 e. The normalized spacial score (nSPS) is 12.0. The number of aromatic nitrogens is 3. The van der Waals surface area contributed by atoms with Crippen molar-refractivity contribution >= 4 is 55.1 Å². The molecule has 10 heteroatoms. The highest BCUT2D eigenvalue weighted by molar-refractivity contribution is 7.98. The lowest BCUT2D eigenvalue weighted by atomic mass is 10.1. The van der Waals surface area contributed by atoms with Gasteiger partial charge >= 0.3 is 6.18 Å². The van der Waals surface area contributed by atoms with Gasteiger partial charge in [-0.2, -0.15) is 13.2 Å². The molecule has 0 spiro atoms. The third-order valence-corrected chi connectivity index (χ3v) is 7.73. The quantitative estimate of drug-likeness (QED) is 0.186. The van der Waals surface area contributed by atoms with E-state index in [9.17, 15) is 18.0 Å². The number of hydrogen-bond acceptors (Lipinski definition) is 5. The minimum Gasteiger partial charge on any atom is -0.282 e. The summed E-state index contributed by atoms with van der Waals surface area (Å²) in [5.41, 5.74) is 0.819. The number of pyridine rings is 1. The van der Waals surface area contributed by atoms with Crippen LogP contribution in [0.2, 0.25) is 5.02 Å². The number of hydrogen-bond donors (Lipinski definition) is 0. The Morgan fingerprint density at radius 2 is 1.88 bits per heavy atom. The number of rotatable bonds is 5. The summed E-state index contributed by atoms with van der Waals surface area (Å²) in [6.07, 6.45) is -2.77. The molecule has 3 aromatic heterocycles. The summed E-state index contributed by atoms with van der Waals surface area (Å²) < 4.78 is 41.4. The molecule has 3 heterocycles. The van der Waals surface area contributed by atoms with E-state index in [2.05, 4.69) is 4.98 Å². The second kappa shape index (κ2) is 9.05. The summed E-state index contributed by atoms with van der Waals surface area (Å²) in [6.45, 7) is 0.189. The summed E-state index contributed by atoms with van der Waals surface area (Å²) in [7, 11) is 0. The standard InChI is InChI=1S/C24H15ClF3N3OS2/c25-18-9-2-1-6-15(18)12-31-22(32)20-19(17-8-4-10-29-21(17)34-20)30-23(31)33-13-14-5-3-7-16(11-14)24(26,27)28/h1-11H,12-13H2. The van der Waals surface area contributed by atoms with Crippen LogP contribution in [0.5, 0.6) is 0 Å². The summed E-state index contributed by atoms with van der Waals surface area (Å²) in [4.78, 5) is 23.3. The summed E-state index contributed by atoms with van der Waals surface area (Å²) >= 11 is 8.82. The average Bonchev–Trinajstić information content (AvgIpc) is 3.19. The molecule has 0 aliphatic heterocycles. The maximum atomic E-state index is 13.5. The Bertz CT molecular complexity index is 1580. The molecule has 0 radical (unpaired) electrons. The molecule has 0 unspecified atom stereocenters. The fraction of sp³-hybridized carbons (Fsp3) is 0.125. The van der Waals surface area contributed by atoms with Gasteiger partial charge in [0.05, 0.1) is 17.6 Å². The topological polar surface area (TPSA) is 47.8 Å². The highest BCUT2D eigenvalue weighted by Gasteiger charge is 2.30. The molecule has 5 rings (SSSR count). The Hall–Kier alpha value is -2.88. The van der Waals surface area contributed by atoms with Crippen LogP contribution in [0.4, 0.5) is 13.2 Å². The molecule has 0 bridgehead atoms. The van der Waals surface area contributed by atoms with Crippen molar-refractivity contribution in [3.05, 3.63) is 98.9 Å². The molecule has 0 fully saturated rings. The first-order chi connectivity index (χ1) is 16.3. The summed E-state index contributed by atoms with van der Waals surface area (Å²) in [6, 6.07) is 16.0. The van der Waals surface area contributed by atoms with E-state index in [1.165, 1.54) is 33.7 Å². The lowest BCUT2D eigenvalue weighted by Gasteiger charge is -2.14. The van der Waals surface area contributed by atoms with Crippen LogP contribution in [0.25, 0.3) is 20.4 Å². The summed E-state index contributed by atoms with van der Waals surface area (Å²) in [5.74, 6) is 0.213. The van der Waals surface area contributed by atoms with Gasteiger partial charge in [-0.05, 0) is 35.4 Å². The molecule has 5 aromatic rings. The van der Waals surface area contributed by atoms with Crippen molar-refractivity contribution in [3.63, 3.8) is 0 Å². The van der Waals surface area contributed by atoms with Gasteiger partial charge in [-0.15, -0.1) is 11.3 Å². The Labute approximate surface area is 205 Å². The second-order valence-corrected chi connectivity index (χ2v) is 9.85. The molecular formula is C24H15ClF3N3OS2. The van der Waals surface area contributed by atoms with E-state index in [4.69, 9.17) is 16.6 Å². The third-order valence-electron chi connectivity index (χ3n) is 5.23. The van der Waals surface area contributed by atoms with Crippen LogP contribution in [0.3, 0.4) is 0 Å². The number of fused-ring (bicyclic) bond motifs is 3. The molecule has 0 atom stereocenters. The highest BCUT2D eigenvalue weighted by atomic mass is 35.5. The predicted molar refractivity (Wildman–Crippen MR) is 131 cm³/mol. The Balaban J connectivity index is 1.60. The van der Waals surface area contributed by atoms with Crippen LogP contribution in [-0.4, -0.2) is 14.5 Å². The maximum Gasteiger partial charge on any atom is 0.416 e. The lowest BCUT2D eigenvalue weighted by molar-refractivity contribution is -0.137. The molecule has 0 aliphatic carbocycles. The zero-order chi connectivity index (χ0) is 23.9. The minimum atomic E-state index is -4.42. The highest BCUT2D eigenvalue weighted by Crippen LogP contribution is 2.33. The van der Waals surface area contributed by atoms with Gasteiger partial charge < -0.3 is 0 Å². The second-order valence-electron chi connectivity index (χ2n) is 7.50. The predicted octanol–water partition coefficient (Wildman–Crippen LogP) is 7.02. The van der Waals surface area contributed by atoms with Crippen molar-refractivity contribution in [2.24, 2.45) is 0 Å². The van der Waals surface area contributed by atoms with Gasteiger partial charge in [0.2, 0.25) is 0 Å². The van der Waals surface area contributed by atoms with Gasteiger partial charge in [-0.3, -0.25) is 9.36 Å². The minimum absolute atomic E-state index is 0.189. The van der Waals surface area contributed by atoms with Crippen LogP contribution >= 0.6 is 34.7 Å². The monoisotopic (exact) mass is 517 g/mol. The van der Waals surface area contributed by atoms with Gasteiger partial charge in [0, 0.05) is 22.4 Å². The Morgan fingerprint density at radius 3 is 2.68 bits per heavy atom. The van der Waals surface area contributed by atoms with E-state index in [0.29, 0.717) is 30.8 Å². The van der Waals surface area contributed by atoms with E-state index in [1.54, 1.807) is 30.5 Å². The van der Waals surface area contributed by atoms with E-state index in [0.717, 1.165) is 23.1 Å². The number of nitrogens with zero attached hydrogens (tertiary/aromatic N) is 3. The molecule has 0 saturated carbocycles. The van der Waals surface area contributed by atoms with Crippen molar-refractivity contribution in [3.8, 4) is 0 Å². The van der Waals surface area contributed by atoms with Gasteiger partial charge in [0.1, 0.15) is 9.53 Å². The van der Waals surface area contributed by atoms with E-state index >= 15 is 0 Å². The fourth-order valence-corrected chi connectivity index (χ4v) is 5.73. The SMILES string of the molecule is O=c1c2sc3ncccc3c2nc(SCc2cccc(C(F)(F)F)c2)n1Cc1ccccc1Cl. The molecule has 4 nitrogen and oxygen atoms in total. The zero-order valence-electron chi connectivity index (χ0n) is 17.3. The molecule has 34 heavy (non-hydrogen) atoms. The molecule has 2 aromatic carbocycles. The molecule has 0 saturated heterocycles. The van der Waals surface area contributed by atoms with Gasteiger partial charge in [-0.1, -0.05) is 59.8 Å². The van der Waals surface area contributed by atoms with Gasteiger partial charge in [0.25, 0.3) is 5.56 Å². The molecule has 172 valence electrons. The number of thiophene rings is 1. The average molecular weight is 518 g/mol. The number of halogens is 4. The van der Waals surface area contributed by atoms with Gasteiger partial charge in [-0.25, -0.2) is 9.97 Å². The number of benzene rings is 2. The van der Waals surface area contributed by atoms with Gasteiger partial charge in [0.15, 0.2) is 5.16 Å². The van der Waals surface area contributed by atoms with Crippen LogP contribution < -0.4 is 5.56 Å². The summed E-state index contributed by atoms with van der Waals surface area (Å²) in [5, 5.41) is 1.69. The molecule has 0 N–H and O–H groups in total. The van der Waals surface area contributed by atoms with Crippen molar-refractivity contribution in [2.45, 2.75) is 23.6 Å². The van der Waals surface area contributed by atoms with Crippen molar-refractivity contribution in [2.75, 3.05) is 0 Å². The first-order valence-corrected chi connectivity index (χ1v) is 12.3. The van der Waals surface area contributed by atoms with Crippen LogP contribution in [-0.2, 0) is 18.5 Å². The number of thioether (sulfide) groups is 1. The van der Waals surface area contributed by atoms with E-state index < -0.39 is 11.7 Å². The van der Waals surface area contributed by atoms with Crippen LogP contribution in [0, 0.1) is 0 Å². The Morgan fingerprint density at radius 1 is 1.06 bits per heavy atom. The van der Waals surface area contributed by atoms with Crippen LogP contribution in [0.15, 0.2) is 76.8 Å². The van der Waals surface area contributed by atoms with Crippen molar-refractivity contribution in [1.82, 2.24) is 14.5 Å². The maximum absolute atomic E-state index is 13.5. The molecule has 0 amide bonds. The Kier molecular flexibility index (Phi) is 6.09. The molecule has 0 aliphatic rings. The van der Waals surface area contributed by atoms with Crippen molar-refractivity contribution < 1.29 is 13.2 Å². The first-order valence-electron chi connectivity index (χ1n) is 10.1. The first kappa shape index (κ1) is 22.9. The van der Waals surface area contributed by atoms with E-state index in [-0.39, 0.29) is 17.9 Å². The zero-order valence-corrected chi connectivity index (χ0v) is 19.7. The molecular weight excluding hydrogens is 503 g/mol. The smallest absolute Gasteiger partial charge is 0.282 e. The van der Waals surface area contributed by atoms with Crippen molar-refractivity contribution in [1.29, 1.82) is 0 Å². The fourth-order valence-electron chi connectivity index (χ4n) is 3.57. The third kappa shape index (κ3) is 4.43. The lowest BCUT2D eigenvalue weighted by Crippen LogP contribution is -2.23.